The van der Waals surface area contributed by atoms with Crippen molar-refractivity contribution in [1.82, 2.24) is 9.76 Å². The van der Waals surface area contributed by atoms with Gasteiger partial charge in [-0.05, 0) is 63.2 Å². The van der Waals surface area contributed by atoms with Gasteiger partial charge in [-0.25, -0.2) is 0 Å². The zero-order chi connectivity index (χ0) is 17.1. The molecule has 0 aromatic heterocycles. The summed E-state index contributed by atoms with van der Waals surface area (Å²) >= 11 is 0. The highest BCUT2D eigenvalue weighted by atomic mass is 31.1. The van der Waals surface area contributed by atoms with Gasteiger partial charge in [0.2, 0.25) is 0 Å². The van der Waals surface area contributed by atoms with Crippen LogP contribution in [0.3, 0.4) is 0 Å². The molecule has 0 saturated heterocycles. The molecule has 5 atom stereocenters. The van der Waals surface area contributed by atoms with E-state index in [2.05, 4.69) is 49.9 Å². The molecule has 1 N–H and O–H groups in total. The van der Waals surface area contributed by atoms with E-state index >= 15 is 0 Å². The van der Waals surface area contributed by atoms with Gasteiger partial charge in [-0.3, -0.25) is 9.76 Å². The topological polar surface area (TPSA) is 15.3 Å². The Kier molecular flexibility index (Phi) is 12.0. The van der Waals surface area contributed by atoms with Crippen LogP contribution in [0, 0.1) is 17.8 Å². The van der Waals surface area contributed by atoms with Gasteiger partial charge < -0.3 is 0 Å². The summed E-state index contributed by atoms with van der Waals surface area (Å²) < 4.78 is 2.74. The largest absolute Gasteiger partial charge is 0.298 e. The third-order valence-electron chi connectivity index (χ3n) is 5.26. The van der Waals surface area contributed by atoms with E-state index in [4.69, 9.17) is 0 Å². The highest BCUT2D eigenvalue weighted by molar-refractivity contribution is 7.34. The first kappa shape index (κ1) is 21.6. The van der Waals surface area contributed by atoms with Crippen molar-refractivity contribution in [2.75, 3.05) is 33.0 Å². The van der Waals surface area contributed by atoms with Crippen LogP contribution < -0.4 is 5.09 Å². The number of rotatable bonds is 11. The lowest BCUT2D eigenvalue weighted by Gasteiger charge is -2.34. The van der Waals surface area contributed by atoms with E-state index in [1.807, 2.05) is 0 Å². The second kappa shape index (κ2) is 12.8. The average Bonchev–Trinajstić information content (AvgIpc) is 2.57. The summed E-state index contributed by atoms with van der Waals surface area (Å²) in [4.78, 5) is 0. The zero-order valence-corrected chi connectivity index (χ0v) is 18.1. The fraction of sp³-hybridized carbons (Fsp3) is 0.895. The summed E-state index contributed by atoms with van der Waals surface area (Å²) in [5, 5.41) is 3.58. The predicted molar refractivity (Wildman–Crippen MR) is 111 cm³/mol. The van der Waals surface area contributed by atoms with E-state index in [1.165, 1.54) is 58.2 Å². The number of hydrogen-bond donors (Lipinski definition) is 1. The lowest BCUT2D eigenvalue weighted by atomic mass is 9.81. The molecule has 136 valence electrons. The van der Waals surface area contributed by atoms with Crippen LogP contribution in [0.4, 0.5) is 0 Å². The Morgan fingerprint density at radius 2 is 2.00 bits per heavy atom. The van der Waals surface area contributed by atoms with Crippen molar-refractivity contribution < 1.29 is 0 Å². The second-order valence-corrected chi connectivity index (χ2v) is 9.03. The molecule has 0 heterocycles. The fourth-order valence-electron chi connectivity index (χ4n) is 3.97. The number of hydrogen-bond acceptors (Lipinski definition) is 2. The van der Waals surface area contributed by atoms with Gasteiger partial charge in [0.25, 0.3) is 0 Å². The van der Waals surface area contributed by atoms with Gasteiger partial charge in [-0.15, -0.1) is 0 Å². The predicted octanol–water partition coefficient (Wildman–Crippen LogP) is 5.51. The third-order valence-corrected chi connectivity index (χ3v) is 6.81. The van der Waals surface area contributed by atoms with Gasteiger partial charge >= 0.3 is 0 Å². The maximum atomic E-state index is 3.58. The van der Waals surface area contributed by atoms with Crippen LogP contribution in [0.5, 0.6) is 0 Å². The fourth-order valence-corrected chi connectivity index (χ4v) is 5.36. The molecule has 1 aliphatic rings. The minimum atomic E-state index is 0.717. The van der Waals surface area contributed by atoms with E-state index in [0.717, 1.165) is 35.2 Å². The minimum Gasteiger partial charge on any atom is -0.298 e. The molecular formula is C19H40N2P2. The van der Waals surface area contributed by atoms with Gasteiger partial charge in [0, 0.05) is 19.6 Å². The Morgan fingerprint density at radius 3 is 2.61 bits per heavy atom. The van der Waals surface area contributed by atoms with Crippen molar-refractivity contribution in [3.05, 3.63) is 11.6 Å². The molecule has 1 fully saturated rings. The summed E-state index contributed by atoms with van der Waals surface area (Å²) in [5.74, 6) is 2.57. The first-order valence-electron chi connectivity index (χ1n) is 9.65. The molecule has 2 nitrogen and oxygen atoms in total. The molecule has 5 unspecified atom stereocenters. The third kappa shape index (κ3) is 8.44. The second-order valence-electron chi connectivity index (χ2n) is 7.10. The van der Waals surface area contributed by atoms with Crippen LogP contribution in [-0.2, 0) is 0 Å². The summed E-state index contributed by atoms with van der Waals surface area (Å²) in [6, 6.07) is 0. The average molecular weight is 358 g/mol. The lowest BCUT2D eigenvalue weighted by Crippen LogP contribution is -2.32. The van der Waals surface area contributed by atoms with Crippen LogP contribution in [0.1, 0.15) is 59.3 Å². The molecule has 0 amide bonds. The molecule has 1 aliphatic carbocycles. The molecular weight excluding hydrogens is 318 g/mol. The zero-order valence-electron chi connectivity index (χ0n) is 16.1. The number of allylic oxidation sites excluding steroid dienone is 1. The Morgan fingerprint density at radius 1 is 1.26 bits per heavy atom. The highest BCUT2D eigenvalue weighted by Crippen LogP contribution is 2.32. The number of nitrogens with one attached hydrogen (secondary N) is 1. The van der Waals surface area contributed by atoms with Gasteiger partial charge in [0.05, 0.1) is 0 Å². The molecule has 4 heteroatoms. The highest BCUT2D eigenvalue weighted by Gasteiger charge is 2.24. The summed E-state index contributed by atoms with van der Waals surface area (Å²) in [5.41, 5.74) is 1.66. The molecule has 1 rings (SSSR count). The first-order chi connectivity index (χ1) is 11.1. The first-order valence-corrected chi connectivity index (χ1v) is 12.6. The standard InChI is InChI=1S/C19H40N2P2/c1-6-9-19(7-2)16(3)14-21(23-5)15-18-11-8-10-17(12-18)13-20-22-4/h9,16-18,20,22-23H,6-8,10-15H2,1-5H3. The van der Waals surface area contributed by atoms with Crippen LogP contribution in [0.25, 0.3) is 0 Å². The molecule has 0 spiro atoms. The summed E-state index contributed by atoms with van der Waals surface area (Å²) in [7, 11) is 1.85. The molecule has 0 bridgehead atoms. The van der Waals surface area contributed by atoms with E-state index < -0.39 is 0 Å². The van der Waals surface area contributed by atoms with E-state index in [1.54, 1.807) is 5.57 Å². The van der Waals surface area contributed by atoms with Gasteiger partial charge in [-0.2, -0.15) is 0 Å². The van der Waals surface area contributed by atoms with E-state index in [-0.39, 0.29) is 0 Å². The Bertz CT molecular complexity index is 333. The molecule has 0 aromatic rings. The van der Waals surface area contributed by atoms with Gasteiger partial charge in [0.15, 0.2) is 0 Å². The van der Waals surface area contributed by atoms with Crippen molar-refractivity contribution in [2.24, 2.45) is 17.8 Å². The van der Waals surface area contributed by atoms with Crippen LogP contribution in [-0.4, -0.2) is 37.6 Å². The van der Waals surface area contributed by atoms with Crippen molar-refractivity contribution in [2.45, 2.75) is 59.3 Å². The maximum Gasteiger partial charge on any atom is 0.00817 e. The molecule has 23 heavy (non-hydrogen) atoms. The van der Waals surface area contributed by atoms with Gasteiger partial charge in [0.1, 0.15) is 0 Å². The summed E-state index contributed by atoms with van der Waals surface area (Å²) in [6.45, 7) is 15.4. The van der Waals surface area contributed by atoms with Crippen molar-refractivity contribution in [3.8, 4) is 0 Å². The molecule has 0 aliphatic heterocycles. The Labute approximate surface area is 149 Å². The molecule has 0 aromatic carbocycles. The normalized spacial score (nSPS) is 25.2. The Balaban J connectivity index is 2.47. The summed E-state index contributed by atoms with van der Waals surface area (Å²) in [6.07, 6.45) is 10.6. The number of nitrogens with zero attached hydrogens (tertiary/aromatic N) is 1. The minimum absolute atomic E-state index is 0.717. The maximum absolute atomic E-state index is 3.58. The van der Waals surface area contributed by atoms with Crippen LogP contribution in [0.15, 0.2) is 11.6 Å². The SMILES string of the molecule is CCC=C(CC)C(C)CN(CC1CCCC(CNPC)C1)PC. The van der Waals surface area contributed by atoms with E-state index in [0.29, 0.717) is 0 Å². The monoisotopic (exact) mass is 358 g/mol. The quantitative estimate of drug-likeness (QED) is 0.387. The Hall–Kier alpha value is 0.520. The van der Waals surface area contributed by atoms with Crippen molar-refractivity contribution in [1.29, 1.82) is 0 Å². The van der Waals surface area contributed by atoms with Crippen molar-refractivity contribution in [3.63, 3.8) is 0 Å². The molecule has 1 saturated carbocycles. The van der Waals surface area contributed by atoms with E-state index in [9.17, 15) is 0 Å². The van der Waals surface area contributed by atoms with Crippen LogP contribution >= 0.6 is 17.5 Å². The smallest absolute Gasteiger partial charge is 0.00817 e. The molecule has 0 radical (unpaired) electrons. The van der Waals surface area contributed by atoms with Crippen molar-refractivity contribution >= 4 is 17.5 Å². The lowest BCUT2D eigenvalue weighted by molar-refractivity contribution is 0.226. The van der Waals surface area contributed by atoms with Crippen LogP contribution in [0.2, 0.25) is 0 Å². The van der Waals surface area contributed by atoms with Gasteiger partial charge in [-0.1, -0.05) is 56.3 Å².